The molecule has 42 heavy (non-hydrogen) atoms. The van der Waals surface area contributed by atoms with Crippen LogP contribution in [0.2, 0.25) is 0 Å². The van der Waals surface area contributed by atoms with Gasteiger partial charge in [-0.05, 0) is 67.6 Å². The van der Waals surface area contributed by atoms with Gasteiger partial charge in [0.1, 0.15) is 5.82 Å². The van der Waals surface area contributed by atoms with Crippen molar-refractivity contribution in [3.05, 3.63) is 82.3 Å². The van der Waals surface area contributed by atoms with E-state index < -0.39 is 53.5 Å². The number of carbonyl (C=O) groups is 2. The van der Waals surface area contributed by atoms with E-state index >= 15 is 0 Å². The molecule has 5 nitrogen and oxygen atoms in total. The van der Waals surface area contributed by atoms with Gasteiger partial charge in [0.25, 0.3) is 0 Å². The first-order valence-corrected chi connectivity index (χ1v) is 13.7. The van der Waals surface area contributed by atoms with Crippen LogP contribution < -0.4 is 5.32 Å². The molecule has 5 rings (SSSR count). The van der Waals surface area contributed by atoms with E-state index in [1.54, 1.807) is 23.1 Å². The Balaban J connectivity index is 1.44. The molecule has 3 aliphatic rings. The second kappa shape index (κ2) is 11.3. The fraction of sp³-hybridized carbons (Fsp3) is 0.467. The highest BCUT2D eigenvalue weighted by atomic mass is 19.4. The van der Waals surface area contributed by atoms with Crippen molar-refractivity contribution in [1.29, 1.82) is 0 Å². The number of benzene rings is 2. The minimum Gasteiger partial charge on any atom is -0.385 e. The number of rotatable bonds is 6. The van der Waals surface area contributed by atoms with Crippen molar-refractivity contribution >= 4 is 11.7 Å². The summed E-state index contributed by atoms with van der Waals surface area (Å²) < 4.78 is 101. The van der Waals surface area contributed by atoms with Gasteiger partial charge < -0.3 is 15.0 Å². The first-order valence-electron chi connectivity index (χ1n) is 13.7. The average molecular weight is 599 g/mol. The van der Waals surface area contributed by atoms with Crippen molar-refractivity contribution in [2.75, 3.05) is 6.54 Å². The highest BCUT2D eigenvalue weighted by Gasteiger charge is 2.49. The molecule has 3 unspecified atom stereocenters. The number of alkyl halides is 6. The Bertz CT molecular complexity index is 1340. The number of nitrogens with one attached hydrogen (secondary N) is 1. The van der Waals surface area contributed by atoms with Crippen LogP contribution in [-0.4, -0.2) is 41.3 Å². The normalized spacial score (nSPS) is 25.7. The predicted octanol–water partition coefficient (Wildman–Crippen LogP) is 6.69. The van der Waals surface area contributed by atoms with Gasteiger partial charge in [-0.1, -0.05) is 12.1 Å². The molecule has 2 aliphatic heterocycles. The number of amides is 1. The lowest BCUT2D eigenvalue weighted by atomic mass is 9.84. The zero-order valence-electron chi connectivity index (χ0n) is 22.6. The molecule has 5 atom stereocenters. The number of fused-ring (bicyclic) bond motifs is 1. The molecule has 2 fully saturated rings. The zero-order valence-corrected chi connectivity index (χ0v) is 22.6. The quantitative estimate of drug-likeness (QED) is 0.377. The van der Waals surface area contributed by atoms with Crippen LogP contribution in [0.1, 0.15) is 73.3 Å². The highest BCUT2D eigenvalue weighted by Crippen LogP contribution is 2.44. The Kier molecular flexibility index (Phi) is 8.12. The molecule has 0 saturated carbocycles. The molecule has 2 aromatic rings. The second-order valence-electron chi connectivity index (χ2n) is 11.1. The fourth-order valence-electron chi connectivity index (χ4n) is 6.23. The Labute approximate surface area is 237 Å². The van der Waals surface area contributed by atoms with Gasteiger partial charge in [0.2, 0.25) is 5.91 Å². The van der Waals surface area contributed by atoms with E-state index in [4.69, 9.17) is 4.74 Å². The Hall–Kier alpha value is -3.41. The molecule has 1 N–H and O–H groups in total. The van der Waals surface area contributed by atoms with E-state index in [2.05, 4.69) is 5.32 Å². The third-order valence-corrected chi connectivity index (χ3v) is 8.17. The first kappa shape index (κ1) is 30.1. The van der Waals surface area contributed by atoms with E-state index in [1.807, 2.05) is 0 Å². The summed E-state index contributed by atoms with van der Waals surface area (Å²) in [4.78, 5) is 26.8. The summed E-state index contributed by atoms with van der Waals surface area (Å²) >= 11 is 0. The number of allylic oxidation sites excluding steroid dienone is 2. The zero-order chi connectivity index (χ0) is 30.4. The Morgan fingerprint density at radius 3 is 2.19 bits per heavy atom. The van der Waals surface area contributed by atoms with Crippen LogP contribution in [0.25, 0.3) is 0 Å². The number of piperidine rings is 1. The number of hydrogen-bond donors (Lipinski definition) is 1. The van der Waals surface area contributed by atoms with Crippen LogP contribution in [-0.2, 0) is 26.7 Å². The van der Waals surface area contributed by atoms with Gasteiger partial charge in [-0.25, -0.2) is 4.39 Å². The van der Waals surface area contributed by atoms with Crippen LogP contribution in [0.4, 0.5) is 30.7 Å². The number of ether oxygens (including phenoxy) is 1. The van der Waals surface area contributed by atoms with Crippen molar-refractivity contribution < 1.29 is 45.1 Å². The Morgan fingerprint density at radius 2 is 1.60 bits per heavy atom. The van der Waals surface area contributed by atoms with Crippen molar-refractivity contribution in [2.45, 2.75) is 81.6 Å². The van der Waals surface area contributed by atoms with Gasteiger partial charge >= 0.3 is 12.4 Å². The number of ketones is 1. The molecule has 1 aliphatic carbocycles. The van der Waals surface area contributed by atoms with Gasteiger partial charge in [-0.2, -0.15) is 26.3 Å². The summed E-state index contributed by atoms with van der Waals surface area (Å²) in [6.07, 6.45) is -8.02. The lowest BCUT2D eigenvalue weighted by Gasteiger charge is -2.38. The molecule has 0 bridgehead atoms. The van der Waals surface area contributed by atoms with Crippen molar-refractivity contribution in [3.63, 3.8) is 0 Å². The van der Waals surface area contributed by atoms with E-state index in [-0.39, 0.29) is 42.3 Å². The van der Waals surface area contributed by atoms with Gasteiger partial charge in [-0.3, -0.25) is 9.59 Å². The van der Waals surface area contributed by atoms with E-state index in [0.717, 1.165) is 5.70 Å². The first-order chi connectivity index (χ1) is 19.7. The van der Waals surface area contributed by atoms with Crippen molar-refractivity contribution in [2.24, 2.45) is 0 Å². The molecule has 2 saturated heterocycles. The Morgan fingerprint density at radius 1 is 0.952 bits per heavy atom. The lowest BCUT2D eigenvalue weighted by molar-refractivity contribution is -0.143. The van der Waals surface area contributed by atoms with Crippen LogP contribution in [0, 0.1) is 5.82 Å². The number of carbonyl (C=O) groups excluding carboxylic acids is 2. The maximum Gasteiger partial charge on any atom is 0.416 e. The van der Waals surface area contributed by atoms with Gasteiger partial charge in [0, 0.05) is 49.2 Å². The second-order valence-corrected chi connectivity index (χ2v) is 11.1. The van der Waals surface area contributed by atoms with E-state index in [1.165, 1.54) is 19.1 Å². The fourth-order valence-corrected chi connectivity index (χ4v) is 6.23. The molecule has 226 valence electrons. The van der Waals surface area contributed by atoms with Gasteiger partial charge in [0.05, 0.1) is 23.3 Å². The van der Waals surface area contributed by atoms with E-state index in [9.17, 15) is 40.3 Å². The summed E-state index contributed by atoms with van der Waals surface area (Å²) in [5.74, 6) is -1.22. The third kappa shape index (κ3) is 6.48. The molecule has 0 spiro atoms. The molecule has 2 heterocycles. The molecule has 0 aromatic heterocycles. The van der Waals surface area contributed by atoms with Crippen LogP contribution >= 0.6 is 0 Å². The van der Waals surface area contributed by atoms with Crippen LogP contribution in [0.5, 0.6) is 0 Å². The summed E-state index contributed by atoms with van der Waals surface area (Å²) in [6, 6.07) is 6.19. The molecule has 2 aromatic carbocycles. The number of halogens is 7. The lowest BCUT2D eigenvalue weighted by Crippen LogP contribution is -2.50. The standard InChI is InChI=1S/C30H29F7N2O3/c1-16(18-9-19(29(32,33)34)11-20(10-18)30(35,36)37)42-26-15-39-25(28(26)17-5-7-21(31)8-6-17)13-23(14-27(39)41)38-22-3-2-4-24(40)12-22/h5-12,16,23,25-26,28,38H,2-4,13-15H2,1H3/t16-,23?,25?,26+,28?/m1/s1. The largest absolute Gasteiger partial charge is 0.416 e. The van der Waals surface area contributed by atoms with Crippen LogP contribution in [0.15, 0.2) is 54.2 Å². The molecule has 1 amide bonds. The minimum atomic E-state index is -5.01. The van der Waals surface area contributed by atoms with E-state index in [0.29, 0.717) is 43.4 Å². The van der Waals surface area contributed by atoms with Gasteiger partial charge in [-0.15, -0.1) is 0 Å². The summed E-state index contributed by atoms with van der Waals surface area (Å²) in [6.45, 7) is 1.43. The predicted molar refractivity (Wildman–Crippen MR) is 137 cm³/mol. The van der Waals surface area contributed by atoms with Crippen molar-refractivity contribution in [1.82, 2.24) is 10.2 Å². The minimum absolute atomic E-state index is 0.00305. The number of nitrogens with zero attached hydrogens (tertiary/aromatic N) is 1. The van der Waals surface area contributed by atoms with Crippen LogP contribution in [0.3, 0.4) is 0 Å². The third-order valence-electron chi connectivity index (χ3n) is 8.17. The highest BCUT2D eigenvalue weighted by molar-refractivity contribution is 5.91. The average Bonchev–Trinajstić information content (AvgIpc) is 3.26. The number of hydrogen-bond acceptors (Lipinski definition) is 4. The van der Waals surface area contributed by atoms with Gasteiger partial charge in [0.15, 0.2) is 5.78 Å². The maximum absolute atomic E-state index is 13.8. The topological polar surface area (TPSA) is 58.6 Å². The smallest absolute Gasteiger partial charge is 0.385 e. The summed E-state index contributed by atoms with van der Waals surface area (Å²) in [7, 11) is 0. The molecular formula is C30H29F7N2O3. The molecular weight excluding hydrogens is 569 g/mol. The molecule has 0 radical (unpaired) electrons. The summed E-state index contributed by atoms with van der Waals surface area (Å²) in [5, 5.41) is 3.31. The monoisotopic (exact) mass is 598 g/mol. The molecule has 12 heteroatoms. The maximum atomic E-state index is 13.8. The van der Waals surface area contributed by atoms with Crippen molar-refractivity contribution in [3.8, 4) is 0 Å². The SMILES string of the molecule is C[C@@H](O[C@H]1CN2C(=O)CC(NC3=CC(=O)CCC3)CC2C1c1ccc(F)cc1)c1cc(C(F)(F)F)cc(C(F)(F)F)c1. The summed E-state index contributed by atoms with van der Waals surface area (Å²) in [5.41, 5.74) is -1.82.